The van der Waals surface area contributed by atoms with Gasteiger partial charge in [0, 0.05) is 12.7 Å². The van der Waals surface area contributed by atoms with Crippen molar-refractivity contribution in [2.75, 3.05) is 6.54 Å². The van der Waals surface area contributed by atoms with E-state index in [0.717, 1.165) is 30.0 Å². The van der Waals surface area contributed by atoms with Gasteiger partial charge in [-0.25, -0.2) is 9.37 Å². The number of nitrogens with zero attached hydrogens (tertiary/aromatic N) is 3. The van der Waals surface area contributed by atoms with Crippen molar-refractivity contribution in [2.24, 2.45) is 0 Å². The number of hydrogen-bond donors (Lipinski definition) is 0. The molecular weight excluding hydrogens is 422 g/mol. The van der Waals surface area contributed by atoms with Crippen molar-refractivity contribution in [2.45, 2.75) is 57.9 Å². The molecule has 0 bridgehead atoms. The highest BCUT2D eigenvalue weighted by Gasteiger charge is 2.54. The Kier molecular flexibility index (Phi) is 5.99. The number of Topliss-reactive ketones (excluding diaryl/α,β-unsaturated/α-hetero) is 1. The van der Waals surface area contributed by atoms with Crippen LogP contribution < -0.4 is 0 Å². The van der Waals surface area contributed by atoms with Crippen LogP contribution >= 0.6 is 11.3 Å². The molecule has 10 heteroatoms. The summed E-state index contributed by atoms with van der Waals surface area (Å²) < 4.78 is 53.4. The van der Waals surface area contributed by atoms with Gasteiger partial charge < -0.3 is 4.90 Å². The van der Waals surface area contributed by atoms with Gasteiger partial charge in [-0.15, -0.1) is 11.3 Å². The molecule has 1 aliphatic rings. The Labute approximate surface area is 175 Å². The predicted octanol–water partition coefficient (Wildman–Crippen LogP) is 4.38. The summed E-state index contributed by atoms with van der Waals surface area (Å²) in [6.45, 7) is 4.08. The first-order valence-corrected chi connectivity index (χ1v) is 10.2. The van der Waals surface area contributed by atoms with Crippen molar-refractivity contribution in [3.05, 3.63) is 34.7 Å². The van der Waals surface area contributed by atoms with Crippen LogP contribution in [0.4, 0.5) is 17.6 Å². The van der Waals surface area contributed by atoms with E-state index in [1.807, 2.05) is 0 Å². The highest BCUT2D eigenvalue weighted by atomic mass is 32.1. The Bertz CT molecular complexity index is 971. The summed E-state index contributed by atoms with van der Waals surface area (Å²) in [6, 6.07) is 2.13. The fourth-order valence-corrected chi connectivity index (χ4v) is 4.54. The lowest BCUT2D eigenvalue weighted by Crippen LogP contribution is -2.40. The molecule has 1 fully saturated rings. The Morgan fingerprint density at radius 1 is 1.30 bits per heavy atom. The van der Waals surface area contributed by atoms with E-state index >= 15 is 0 Å². The summed E-state index contributed by atoms with van der Waals surface area (Å²) >= 11 is 1.16. The first-order valence-electron chi connectivity index (χ1n) is 9.40. The lowest BCUT2D eigenvalue weighted by Gasteiger charge is -2.23. The van der Waals surface area contributed by atoms with Crippen molar-refractivity contribution < 1.29 is 27.2 Å². The minimum atomic E-state index is -5.10. The number of carbonyl (C=O) groups excluding carboxylic acids is 2. The molecule has 1 aliphatic heterocycles. The van der Waals surface area contributed by atoms with E-state index in [9.17, 15) is 27.2 Å². The summed E-state index contributed by atoms with van der Waals surface area (Å²) in [4.78, 5) is 34.4. The molecular formula is C20H21F4N3O2S. The molecule has 1 saturated heterocycles. The maximum Gasteiger partial charge on any atom is 0.428 e. The first-order chi connectivity index (χ1) is 13.9. The maximum absolute atomic E-state index is 14.3. The van der Waals surface area contributed by atoms with Crippen LogP contribution in [0.5, 0.6) is 0 Å². The molecule has 0 radical (unpaired) electrons. The topological polar surface area (TPSA) is 63.2 Å². The van der Waals surface area contributed by atoms with Gasteiger partial charge in [0.25, 0.3) is 0 Å². The van der Waals surface area contributed by atoms with Crippen LogP contribution in [-0.4, -0.2) is 45.3 Å². The molecule has 2 atom stereocenters. The third-order valence-electron chi connectivity index (χ3n) is 5.22. The van der Waals surface area contributed by atoms with Gasteiger partial charge in [-0.2, -0.15) is 13.2 Å². The average molecular weight is 443 g/mol. The van der Waals surface area contributed by atoms with Crippen LogP contribution in [0, 0.1) is 6.92 Å². The fraction of sp³-hybridized carbons (Fsp3) is 0.500. The van der Waals surface area contributed by atoms with E-state index in [4.69, 9.17) is 0 Å². The molecule has 0 aromatic carbocycles. The zero-order valence-corrected chi connectivity index (χ0v) is 17.5. The minimum Gasteiger partial charge on any atom is -0.332 e. The number of ketones is 1. The van der Waals surface area contributed by atoms with E-state index in [1.54, 1.807) is 11.8 Å². The zero-order chi connectivity index (χ0) is 22.3. The molecule has 1 amide bonds. The molecule has 0 N–H and O–H groups in total. The van der Waals surface area contributed by atoms with E-state index in [-0.39, 0.29) is 18.1 Å². The van der Waals surface area contributed by atoms with Crippen molar-refractivity contribution in [1.82, 2.24) is 14.9 Å². The summed E-state index contributed by atoms with van der Waals surface area (Å²) in [5.41, 5.74) is -3.45. The molecule has 5 nitrogen and oxygen atoms in total. The molecule has 0 aliphatic carbocycles. The zero-order valence-electron chi connectivity index (χ0n) is 16.7. The summed E-state index contributed by atoms with van der Waals surface area (Å²) in [5.74, 6) is -0.267. The van der Waals surface area contributed by atoms with Crippen molar-refractivity contribution in [1.29, 1.82) is 0 Å². The van der Waals surface area contributed by atoms with Gasteiger partial charge in [-0.3, -0.25) is 14.6 Å². The monoisotopic (exact) mass is 443 g/mol. The molecule has 3 heterocycles. The van der Waals surface area contributed by atoms with Crippen LogP contribution in [0.25, 0.3) is 10.4 Å². The minimum absolute atomic E-state index is 0.00337. The molecule has 2 aromatic heterocycles. The number of amides is 1. The van der Waals surface area contributed by atoms with Crippen LogP contribution in [0.1, 0.15) is 43.1 Å². The van der Waals surface area contributed by atoms with Crippen LogP contribution in [0.2, 0.25) is 0 Å². The molecule has 30 heavy (non-hydrogen) atoms. The molecule has 162 valence electrons. The molecule has 0 saturated carbocycles. The van der Waals surface area contributed by atoms with Gasteiger partial charge in [0.05, 0.1) is 28.7 Å². The van der Waals surface area contributed by atoms with Gasteiger partial charge in [-0.05, 0) is 51.3 Å². The molecule has 2 aromatic rings. The highest BCUT2D eigenvalue weighted by Crippen LogP contribution is 2.42. The number of aromatic nitrogens is 2. The van der Waals surface area contributed by atoms with Gasteiger partial charge in [-0.1, -0.05) is 0 Å². The van der Waals surface area contributed by atoms with E-state index < -0.39 is 23.6 Å². The van der Waals surface area contributed by atoms with E-state index in [1.165, 1.54) is 13.0 Å². The van der Waals surface area contributed by atoms with Gasteiger partial charge in [0.1, 0.15) is 5.01 Å². The first kappa shape index (κ1) is 22.3. The second kappa shape index (κ2) is 8.05. The van der Waals surface area contributed by atoms with Crippen molar-refractivity contribution in [3.63, 3.8) is 0 Å². The lowest BCUT2D eigenvalue weighted by atomic mass is 10.0. The maximum atomic E-state index is 14.3. The third-order valence-corrected chi connectivity index (χ3v) is 6.43. The number of rotatable bonds is 5. The smallest absolute Gasteiger partial charge is 0.332 e. The number of aryl methyl sites for hydroxylation is 1. The number of alkyl halides is 4. The van der Waals surface area contributed by atoms with Crippen molar-refractivity contribution in [3.8, 4) is 10.4 Å². The van der Waals surface area contributed by atoms with Crippen LogP contribution in [0.15, 0.2) is 18.3 Å². The number of pyridine rings is 1. The second-order valence-corrected chi connectivity index (χ2v) is 8.57. The van der Waals surface area contributed by atoms with E-state index in [2.05, 4.69) is 9.97 Å². The number of thiazole rings is 1. The number of hydrogen-bond acceptors (Lipinski definition) is 5. The summed E-state index contributed by atoms with van der Waals surface area (Å²) in [5, 5.41) is 0.485. The number of likely N-dealkylation sites (tertiary alicyclic amines) is 1. The van der Waals surface area contributed by atoms with Gasteiger partial charge in [0.2, 0.25) is 11.6 Å². The summed E-state index contributed by atoms with van der Waals surface area (Å²) in [6.07, 6.45) is -2.57. The van der Waals surface area contributed by atoms with Crippen molar-refractivity contribution >= 4 is 23.0 Å². The standard InChI is InChI=1S/C20H21F4N3O2S/c1-11-18(13-6-7-25-15(9-13)19(3,21)20(22,23)24)30-16(26-11)10-17(29)27-8-4-5-14(27)12(2)28/h6-7,9,14H,4-5,8,10H2,1-3H3/t14-,19?/m0/s1. The Morgan fingerprint density at radius 3 is 2.63 bits per heavy atom. The molecule has 3 rings (SSSR count). The molecule has 1 unspecified atom stereocenters. The van der Waals surface area contributed by atoms with E-state index in [0.29, 0.717) is 41.0 Å². The van der Waals surface area contributed by atoms with Crippen LogP contribution in [-0.2, 0) is 21.7 Å². The molecule has 0 spiro atoms. The van der Waals surface area contributed by atoms with Gasteiger partial charge >= 0.3 is 6.18 Å². The third kappa shape index (κ3) is 4.23. The van der Waals surface area contributed by atoms with Gasteiger partial charge in [0.15, 0.2) is 5.78 Å². The highest BCUT2D eigenvalue weighted by molar-refractivity contribution is 7.15. The Hall–Kier alpha value is -2.36. The predicted molar refractivity (Wildman–Crippen MR) is 104 cm³/mol. The Balaban J connectivity index is 1.84. The quantitative estimate of drug-likeness (QED) is 0.644. The largest absolute Gasteiger partial charge is 0.428 e. The number of halogens is 4. The lowest BCUT2D eigenvalue weighted by molar-refractivity contribution is -0.230. The second-order valence-electron chi connectivity index (χ2n) is 7.49. The normalized spacial score (nSPS) is 19.0. The summed E-state index contributed by atoms with van der Waals surface area (Å²) in [7, 11) is 0. The van der Waals surface area contributed by atoms with Crippen LogP contribution in [0.3, 0.4) is 0 Å². The Morgan fingerprint density at radius 2 is 2.00 bits per heavy atom. The average Bonchev–Trinajstić information content (AvgIpc) is 3.28. The number of carbonyl (C=O) groups is 2. The SMILES string of the molecule is CC(=O)[C@@H]1CCCN1C(=O)Cc1nc(C)c(-c2ccnc(C(C)(F)C(F)(F)F)c2)s1. The fourth-order valence-electron chi connectivity index (χ4n) is 3.49.